The van der Waals surface area contributed by atoms with Crippen LogP contribution in [0.1, 0.15) is 21.7 Å². The van der Waals surface area contributed by atoms with Crippen LogP contribution in [0.4, 0.5) is 10.1 Å². The number of halogens is 1. The summed E-state index contributed by atoms with van der Waals surface area (Å²) in [5.74, 6) is -0.234. The lowest BCUT2D eigenvalue weighted by molar-refractivity contribution is 0.102. The second-order valence-corrected chi connectivity index (χ2v) is 7.65. The zero-order valence-corrected chi connectivity index (χ0v) is 18.4. The maximum absolute atomic E-state index is 13.9. The van der Waals surface area contributed by atoms with E-state index in [2.05, 4.69) is 20.4 Å². The Balaban J connectivity index is 1.41. The molecule has 0 saturated carbocycles. The van der Waals surface area contributed by atoms with Crippen LogP contribution >= 0.6 is 0 Å². The number of benzene rings is 3. The van der Waals surface area contributed by atoms with Gasteiger partial charge in [-0.05, 0) is 44.2 Å². The lowest BCUT2D eigenvalue weighted by atomic mass is 10.1. The van der Waals surface area contributed by atoms with Gasteiger partial charge < -0.3 is 14.6 Å². The van der Waals surface area contributed by atoms with Crippen molar-refractivity contribution in [3.05, 3.63) is 95.6 Å². The Labute approximate surface area is 194 Å². The Morgan fingerprint density at radius 2 is 1.65 bits per heavy atom. The Kier molecular flexibility index (Phi) is 5.47. The minimum atomic E-state index is -0.516. The van der Waals surface area contributed by atoms with E-state index in [-0.39, 0.29) is 17.7 Å². The number of para-hydroxylation sites is 1. The summed E-state index contributed by atoms with van der Waals surface area (Å²) in [6, 6.07) is 20.7. The smallest absolute Gasteiger partial charge is 0.322 e. The van der Waals surface area contributed by atoms with Gasteiger partial charge in [-0.3, -0.25) is 4.79 Å². The van der Waals surface area contributed by atoms with E-state index in [1.807, 2.05) is 30.3 Å². The molecule has 0 atom stereocenters. The van der Waals surface area contributed by atoms with E-state index in [1.54, 1.807) is 44.2 Å². The highest BCUT2D eigenvalue weighted by atomic mass is 19.1. The topological polar surface area (TPSA) is 90.1 Å². The third-order valence-corrected chi connectivity index (χ3v) is 5.30. The number of fused-ring (bicyclic) bond motifs is 1. The van der Waals surface area contributed by atoms with Gasteiger partial charge in [0.2, 0.25) is 0 Å². The number of aryl methyl sites for hydroxylation is 2. The van der Waals surface area contributed by atoms with E-state index < -0.39 is 5.82 Å². The van der Waals surface area contributed by atoms with Crippen LogP contribution in [-0.2, 0) is 0 Å². The molecule has 0 unspecified atom stereocenters. The number of carbonyl (C=O) groups excluding carboxylic acids is 1. The molecule has 0 aliphatic rings. The van der Waals surface area contributed by atoms with Crippen LogP contribution in [0.25, 0.3) is 22.2 Å². The summed E-state index contributed by atoms with van der Waals surface area (Å²) in [5.41, 5.74) is 3.39. The Morgan fingerprint density at radius 3 is 2.38 bits per heavy atom. The van der Waals surface area contributed by atoms with E-state index in [4.69, 9.17) is 9.26 Å². The molecule has 5 rings (SSSR count). The van der Waals surface area contributed by atoms with Crippen molar-refractivity contribution in [2.24, 2.45) is 0 Å². The summed E-state index contributed by atoms with van der Waals surface area (Å²) >= 11 is 0. The van der Waals surface area contributed by atoms with Gasteiger partial charge in [-0.25, -0.2) is 4.39 Å². The number of nitrogens with one attached hydrogen (secondary N) is 1. The summed E-state index contributed by atoms with van der Waals surface area (Å²) in [7, 11) is 0. The van der Waals surface area contributed by atoms with Crippen molar-refractivity contribution in [1.29, 1.82) is 0 Å². The second kappa shape index (κ2) is 8.74. The minimum absolute atomic E-state index is 0.00325. The van der Waals surface area contributed by atoms with E-state index in [0.717, 1.165) is 10.9 Å². The first-order valence-electron chi connectivity index (χ1n) is 10.5. The van der Waals surface area contributed by atoms with Crippen LogP contribution in [-0.4, -0.2) is 21.0 Å². The zero-order chi connectivity index (χ0) is 23.7. The molecule has 0 fully saturated rings. The number of ether oxygens (including phenoxy) is 1. The third-order valence-electron chi connectivity index (χ3n) is 5.30. The molecule has 2 heterocycles. The summed E-state index contributed by atoms with van der Waals surface area (Å²) in [4.78, 5) is 21.6. The Morgan fingerprint density at radius 1 is 0.941 bits per heavy atom. The molecule has 2 aromatic heterocycles. The average molecular weight is 454 g/mol. The molecule has 1 amide bonds. The van der Waals surface area contributed by atoms with E-state index >= 15 is 0 Å². The summed E-state index contributed by atoms with van der Waals surface area (Å²) in [5, 5.41) is 7.69. The van der Waals surface area contributed by atoms with Gasteiger partial charge in [0, 0.05) is 11.1 Å². The van der Waals surface area contributed by atoms with E-state index in [0.29, 0.717) is 33.9 Å². The lowest BCUT2D eigenvalue weighted by Gasteiger charge is -2.13. The molecule has 3 aromatic carbocycles. The molecule has 0 radical (unpaired) electrons. The van der Waals surface area contributed by atoms with Crippen molar-refractivity contribution in [1.82, 2.24) is 15.1 Å². The fourth-order valence-corrected chi connectivity index (χ4v) is 3.60. The van der Waals surface area contributed by atoms with Crippen molar-refractivity contribution in [2.45, 2.75) is 13.8 Å². The molecule has 0 bridgehead atoms. The fourth-order valence-electron chi connectivity index (χ4n) is 3.60. The number of rotatable bonds is 5. The molecule has 5 aromatic rings. The molecule has 0 aliphatic heterocycles. The lowest BCUT2D eigenvalue weighted by Crippen LogP contribution is -2.15. The molecule has 1 N–H and O–H groups in total. The average Bonchev–Trinajstić information content (AvgIpc) is 3.27. The highest BCUT2D eigenvalue weighted by Crippen LogP contribution is 2.30. The van der Waals surface area contributed by atoms with Crippen LogP contribution in [0.5, 0.6) is 11.8 Å². The first-order chi connectivity index (χ1) is 16.5. The predicted octanol–water partition coefficient (Wildman–Crippen LogP) is 6.09. The molecule has 0 saturated heterocycles. The van der Waals surface area contributed by atoms with Crippen LogP contribution in [0.2, 0.25) is 0 Å². The highest BCUT2D eigenvalue weighted by Gasteiger charge is 2.17. The van der Waals surface area contributed by atoms with Gasteiger partial charge in [-0.2, -0.15) is 9.97 Å². The summed E-state index contributed by atoms with van der Waals surface area (Å²) in [6.45, 7) is 3.43. The second-order valence-electron chi connectivity index (χ2n) is 7.65. The van der Waals surface area contributed by atoms with Gasteiger partial charge >= 0.3 is 6.01 Å². The Bertz CT molecular complexity index is 1490. The normalized spacial score (nSPS) is 10.9. The Hall–Kier alpha value is -4.59. The molecular formula is C26H19FN4O3. The molecular weight excluding hydrogens is 435 g/mol. The predicted molar refractivity (Wildman–Crippen MR) is 125 cm³/mol. The fraction of sp³-hybridized carbons (Fsp3) is 0.0769. The van der Waals surface area contributed by atoms with Crippen LogP contribution in [0.3, 0.4) is 0 Å². The monoisotopic (exact) mass is 454 g/mol. The largest absolute Gasteiger partial charge is 0.421 e. The maximum atomic E-state index is 13.9. The quantitative estimate of drug-likeness (QED) is 0.346. The zero-order valence-electron chi connectivity index (χ0n) is 18.4. The molecule has 168 valence electrons. The van der Waals surface area contributed by atoms with Crippen LogP contribution < -0.4 is 10.1 Å². The van der Waals surface area contributed by atoms with Gasteiger partial charge in [0.1, 0.15) is 5.52 Å². The molecule has 7 nitrogen and oxygen atoms in total. The number of hydrogen-bond acceptors (Lipinski definition) is 6. The van der Waals surface area contributed by atoms with Crippen molar-refractivity contribution < 1.29 is 18.4 Å². The van der Waals surface area contributed by atoms with Crippen LogP contribution in [0, 0.1) is 19.7 Å². The van der Waals surface area contributed by atoms with Gasteiger partial charge in [0.25, 0.3) is 5.91 Å². The first-order valence-corrected chi connectivity index (χ1v) is 10.5. The van der Waals surface area contributed by atoms with Crippen molar-refractivity contribution in [3.8, 4) is 23.1 Å². The van der Waals surface area contributed by atoms with Gasteiger partial charge in [-0.1, -0.05) is 47.6 Å². The van der Waals surface area contributed by atoms with Gasteiger partial charge in [0.05, 0.1) is 22.5 Å². The van der Waals surface area contributed by atoms with Gasteiger partial charge in [0.15, 0.2) is 17.3 Å². The summed E-state index contributed by atoms with van der Waals surface area (Å²) in [6.07, 6.45) is 0. The van der Waals surface area contributed by atoms with Crippen molar-refractivity contribution >= 4 is 22.5 Å². The molecule has 34 heavy (non-hydrogen) atoms. The standard InChI is InChI=1S/C26H19FN4O3/c1-15-23(16(2)29-26(28-15)33-22-11-7-6-10-20(22)27)30-25(32)18-12-13-21-19(14-18)24(34-31-21)17-8-4-3-5-9-17/h3-14H,1-2H3,(H,30,32). The first kappa shape index (κ1) is 21.3. The minimum Gasteiger partial charge on any atom is -0.421 e. The number of anilines is 1. The van der Waals surface area contributed by atoms with Gasteiger partial charge in [-0.15, -0.1) is 0 Å². The number of nitrogens with zero attached hydrogens (tertiary/aromatic N) is 3. The van der Waals surface area contributed by atoms with Crippen molar-refractivity contribution in [3.63, 3.8) is 0 Å². The number of aromatic nitrogens is 3. The number of amides is 1. The highest BCUT2D eigenvalue weighted by molar-refractivity contribution is 6.07. The number of carbonyl (C=O) groups is 1. The van der Waals surface area contributed by atoms with Crippen LogP contribution in [0.15, 0.2) is 77.3 Å². The number of hydrogen-bond donors (Lipinski definition) is 1. The summed E-state index contributed by atoms with van der Waals surface area (Å²) < 4.78 is 24.9. The third kappa shape index (κ3) is 4.09. The van der Waals surface area contributed by atoms with Crippen molar-refractivity contribution in [2.75, 3.05) is 5.32 Å². The molecule has 8 heteroatoms. The molecule has 0 spiro atoms. The SMILES string of the molecule is Cc1nc(Oc2ccccc2F)nc(C)c1NC(=O)c1ccc2noc(-c3ccccc3)c2c1. The maximum Gasteiger partial charge on any atom is 0.322 e. The van der Waals surface area contributed by atoms with E-state index in [1.165, 1.54) is 12.1 Å². The van der Waals surface area contributed by atoms with E-state index in [9.17, 15) is 9.18 Å². The molecule has 0 aliphatic carbocycles.